The molecule has 1 aromatic heterocycles. The summed E-state index contributed by atoms with van der Waals surface area (Å²) in [6.45, 7) is 2.06. The Hall–Kier alpha value is -0.860. The maximum atomic E-state index is 5.89. The molecule has 13 heavy (non-hydrogen) atoms. The first-order valence-electron chi connectivity index (χ1n) is 3.94. The van der Waals surface area contributed by atoms with Gasteiger partial charge in [-0.3, -0.25) is 0 Å². The van der Waals surface area contributed by atoms with E-state index in [2.05, 4.69) is 11.3 Å². The van der Waals surface area contributed by atoms with Gasteiger partial charge in [-0.1, -0.05) is 23.7 Å². The molecule has 1 nitrogen and oxygen atoms in total. The summed E-state index contributed by atoms with van der Waals surface area (Å²) in [6, 6.07) is 7.76. The highest BCUT2D eigenvalue weighted by Gasteiger charge is 2.04. The van der Waals surface area contributed by atoms with Gasteiger partial charge in [-0.25, -0.2) is 0 Å². The van der Waals surface area contributed by atoms with Gasteiger partial charge in [0.05, 0.1) is 5.69 Å². The Kier molecular flexibility index (Phi) is 2.34. The van der Waals surface area contributed by atoms with Crippen molar-refractivity contribution in [2.45, 2.75) is 6.92 Å². The lowest BCUT2D eigenvalue weighted by Gasteiger charge is -1.98. The predicted octanol–water partition coefficient (Wildman–Crippen LogP) is 3.77. The number of aromatic nitrogens is 1. The summed E-state index contributed by atoms with van der Waals surface area (Å²) in [7, 11) is 0. The van der Waals surface area contributed by atoms with Gasteiger partial charge in [-0.2, -0.15) is 4.37 Å². The highest BCUT2D eigenvalue weighted by atomic mass is 35.5. The van der Waals surface area contributed by atoms with Crippen LogP contribution in [0.15, 0.2) is 29.6 Å². The standard InChI is InChI=1S/C10H8ClNS/c1-7-6-13-12-10(7)8-3-2-4-9(11)5-8/h2-6H,1H3. The van der Waals surface area contributed by atoms with Crippen LogP contribution in [0.4, 0.5) is 0 Å². The summed E-state index contributed by atoms with van der Waals surface area (Å²) >= 11 is 7.36. The Labute approximate surface area is 86.2 Å². The van der Waals surface area contributed by atoms with Crippen LogP contribution in [0.3, 0.4) is 0 Å². The van der Waals surface area contributed by atoms with Crippen LogP contribution in [0.25, 0.3) is 11.3 Å². The summed E-state index contributed by atoms with van der Waals surface area (Å²) in [4.78, 5) is 0. The quantitative estimate of drug-likeness (QED) is 0.697. The second-order valence-electron chi connectivity index (χ2n) is 2.86. The smallest absolute Gasteiger partial charge is 0.0870 e. The monoisotopic (exact) mass is 209 g/mol. The summed E-state index contributed by atoms with van der Waals surface area (Å²) < 4.78 is 4.31. The number of hydrogen-bond donors (Lipinski definition) is 0. The molecule has 0 unspecified atom stereocenters. The van der Waals surface area contributed by atoms with Gasteiger partial charge >= 0.3 is 0 Å². The van der Waals surface area contributed by atoms with E-state index >= 15 is 0 Å². The van der Waals surface area contributed by atoms with Crippen molar-refractivity contribution < 1.29 is 0 Å². The molecule has 0 spiro atoms. The molecule has 1 aromatic carbocycles. The molecule has 0 fully saturated rings. The molecule has 0 bridgehead atoms. The van der Waals surface area contributed by atoms with Crippen molar-refractivity contribution >= 4 is 23.1 Å². The topological polar surface area (TPSA) is 12.9 Å². The van der Waals surface area contributed by atoms with Crippen LogP contribution in [0.1, 0.15) is 5.56 Å². The molecule has 0 aliphatic rings. The molecule has 0 radical (unpaired) electrons. The number of rotatable bonds is 1. The summed E-state index contributed by atoms with van der Waals surface area (Å²) in [5, 5.41) is 2.79. The molecule has 66 valence electrons. The normalized spacial score (nSPS) is 10.3. The molecule has 0 aliphatic carbocycles. The van der Waals surface area contributed by atoms with Crippen molar-refractivity contribution in [3.8, 4) is 11.3 Å². The van der Waals surface area contributed by atoms with E-state index in [1.54, 1.807) is 0 Å². The molecule has 1 heterocycles. The van der Waals surface area contributed by atoms with Crippen molar-refractivity contribution in [1.29, 1.82) is 0 Å². The van der Waals surface area contributed by atoms with Gasteiger partial charge in [-0.05, 0) is 36.2 Å². The lowest BCUT2D eigenvalue weighted by Crippen LogP contribution is -1.79. The van der Waals surface area contributed by atoms with Gasteiger partial charge in [0.1, 0.15) is 0 Å². The minimum atomic E-state index is 0.755. The summed E-state index contributed by atoms with van der Waals surface area (Å²) in [5.41, 5.74) is 3.33. The fourth-order valence-corrected chi connectivity index (χ4v) is 2.07. The van der Waals surface area contributed by atoms with E-state index in [0.717, 1.165) is 16.3 Å². The first-order chi connectivity index (χ1) is 6.27. The van der Waals surface area contributed by atoms with E-state index in [-0.39, 0.29) is 0 Å². The summed E-state index contributed by atoms with van der Waals surface area (Å²) in [5.74, 6) is 0. The molecule has 0 saturated carbocycles. The third kappa shape index (κ3) is 1.74. The Bertz CT molecular complexity index is 422. The minimum absolute atomic E-state index is 0.755. The van der Waals surface area contributed by atoms with E-state index in [9.17, 15) is 0 Å². The highest BCUT2D eigenvalue weighted by Crippen LogP contribution is 2.25. The maximum Gasteiger partial charge on any atom is 0.0870 e. The fourth-order valence-electron chi connectivity index (χ4n) is 1.20. The van der Waals surface area contributed by atoms with E-state index < -0.39 is 0 Å². The third-order valence-corrected chi connectivity index (χ3v) is 2.83. The lowest BCUT2D eigenvalue weighted by atomic mass is 10.1. The number of benzene rings is 1. The zero-order chi connectivity index (χ0) is 9.26. The maximum absolute atomic E-state index is 5.89. The molecule has 3 heteroatoms. The Balaban J connectivity index is 2.53. The first-order valence-corrected chi connectivity index (χ1v) is 5.16. The van der Waals surface area contributed by atoms with Crippen molar-refractivity contribution in [2.75, 3.05) is 0 Å². The van der Waals surface area contributed by atoms with Gasteiger partial charge in [0.2, 0.25) is 0 Å². The van der Waals surface area contributed by atoms with Crippen LogP contribution >= 0.6 is 23.1 Å². The SMILES string of the molecule is Cc1csnc1-c1cccc(Cl)c1. The average Bonchev–Trinajstić information content (AvgIpc) is 2.51. The molecule has 0 saturated heterocycles. The number of halogens is 1. The lowest BCUT2D eigenvalue weighted by molar-refractivity contribution is 1.43. The zero-order valence-corrected chi connectivity index (χ0v) is 8.69. The summed E-state index contributed by atoms with van der Waals surface area (Å²) in [6.07, 6.45) is 0. The Morgan fingerprint density at radius 2 is 2.23 bits per heavy atom. The van der Waals surface area contributed by atoms with Crippen LogP contribution < -0.4 is 0 Å². The first kappa shape index (κ1) is 8.73. The van der Waals surface area contributed by atoms with Crippen LogP contribution in [0.2, 0.25) is 5.02 Å². The van der Waals surface area contributed by atoms with Crippen LogP contribution in [0, 0.1) is 6.92 Å². The van der Waals surface area contributed by atoms with Crippen molar-refractivity contribution in [3.05, 3.63) is 40.2 Å². The van der Waals surface area contributed by atoms with E-state index in [1.807, 2.05) is 29.6 Å². The van der Waals surface area contributed by atoms with E-state index in [1.165, 1.54) is 17.1 Å². The van der Waals surface area contributed by atoms with Crippen LogP contribution in [-0.2, 0) is 0 Å². The minimum Gasteiger partial charge on any atom is -0.192 e. The molecule has 0 N–H and O–H groups in total. The molecule has 0 amide bonds. The van der Waals surface area contributed by atoms with Gasteiger partial charge in [0.15, 0.2) is 0 Å². The zero-order valence-electron chi connectivity index (χ0n) is 7.12. The average molecular weight is 210 g/mol. The molecule has 2 aromatic rings. The fraction of sp³-hybridized carbons (Fsp3) is 0.100. The molecule has 0 aliphatic heterocycles. The van der Waals surface area contributed by atoms with Crippen LogP contribution in [0.5, 0.6) is 0 Å². The second kappa shape index (κ2) is 3.48. The number of aryl methyl sites for hydroxylation is 1. The van der Waals surface area contributed by atoms with Crippen LogP contribution in [-0.4, -0.2) is 4.37 Å². The van der Waals surface area contributed by atoms with Gasteiger partial charge < -0.3 is 0 Å². The van der Waals surface area contributed by atoms with Crippen molar-refractivity contribution in [2.24, 2.45) is 0 Å². The predicted molar refractivity (Wildman–Crippen MR) is 57.3 cm³/mol. The Morgan fingerprint density at radius 1 is 1.38 bits per heavy atom. The largest absolute Gasteiger partial charge is 0.192 e. The van der Waals surface area contributed by atoms with E-state index in [0.29, 0.717) is 0 Å². The third-order valence-electron chi connectivity index (χ3n) is 1.85. The second-order valence-corrected chi connectivity index (χ2v) is 3.92. The molecular formula is C10H8ClNS. The van der Waals surface area contributed by atoms with Gasteiger partial charge in [0.25, 0.3) is 0 Å². The molecule has 0 atom stereocenters. The van der Waals surface area contributed by atoms with Gasteiger partial charge in [-0.15, -0.1) is 0 Å². The van der Waals surface area contributed by atoms with E-state index in [4.69, 9.17) is 11.6 Å². The number of nitrogens with zero attached hydrogens (tertiary/aromatic N) is 1. The molecule has 2 rings (SSSR count). The van der Waals surface area contributed by atoms with Crippen molar-refractivity contribution in [3.63, 3.8) is 0 Å². The highest BCUT2D eigenvalue weighted by molar-refractivity contribution is 7.04. The number of hydrogen-bond acceptors (Lipinski definition) is 2. The molecular weight excluding hydrogens is 202 g/mol. The van der Waals surface area contributed by atoms with Crippen molar-refractivity contribution in [1.82, 2.24) is 4.37 Å². The van der Waals surface area contributed by atoms with Gasteiger partial charge in [0, 0.05) is 16.0 Å². The Morgan fingerprint density at radius 3 is 2.85 bits per heavy atom.